The molecule has 114 valence electrons. The molecule has 0 unspecified atom stereocenters. The number of tetrazole rings is 1. The predicted octanol–water partition coefficient (Wildman–Crippen LogP) is 2.48. The van der Waals surface area contributed by atoms with Crippen LogP contribution in [0.2, 0.25) is 0 Å². The van der Waals surface area contributed by atoms with Crippen LogP contribution >= 0.6 is 0 Å². The molecule has 0 aliphatic carbocycles. The van der Waals surface area contributed by atoms with Gasteiger partial charge in [-0.15, -0.1) is 10.2 Å². The summed E-state index contributed by atoms with van der Waals surface area (Å²) in [4.78, 5) is 6.03. The van der Waals surface area contributed by atoms with Gasteiger partial charge in [0.2, 0.25) is 5.82 Å². The van der Waals surface area contributed by atoms with Gasteiger partial charge in [0.05, 0.1) is 5.69 Å². The summed E-state index contributed by atoms with van der Waals surface area (Å²) >= 11 is 0. The quantitative estimate of drug-likeness (QED) is 0.583. The maximum Gasteiger partial charge on any atom is 0.205 e. The van der Waals surface area contributed by atoms with Crippen LogP contribution in [0.1, 0.15) is 11.3 Å². The van der Waals surface area contributed by atoms with E-state index in [1.807, 2.05) is 35.9 Å². The van der Waals surface area contributed by atoms with Crippen LogP contribution in [0, 0.1) is 12.7 Å². The first kappa shape index (κ1) is 13.6. The third-order valence-corrected chi connectivity index (χ3v) is 3.57. The number of hydrogen-bond acceptors (Lipinski definition) is 4. The molecule has 4 aromatic rings. The molecule has 3 aromatic heterocycles. The van der Waals surface area contributed by atoms with E-state index in [2.05, 4.69) is 20.4 Å². The Hall–Kier alpha value is -3.09. The number of rotatable bonds is 3. The molecule has 0 amide bonds. The number of nitrogens with zero attached hydrogens (tertiary/aromatic N) is 6. The van der Waals surface area contributed by atoms with E-state index < -0.39 is 0 Å². The number of aryl methyl sites for hydroxylation is 1. The van der Waals surface area contributed by atoms with Gasteiger partial charge in [-0.05, 0) is 35.9 Å². The molecule has 0 aliphatic heterocycles. The third-order valence-electron chi connectivity index (χ3n) is 3.57. The highest BCUT2D eigenvalue weighted by Gasteiger charge is 2.09. The first-order valence-electron chi connectivity index (χ1n) is 7.16. The summed E-state index contributed by atoms with van der Waals surface area (Å²) in [6.45, 7) is 2.42. The SMILES string of the molecule is Cc1cccn2cc(Cn3nnc(-c4cccc(F)c4)n3)nc12. The Morgan fingerprint density at radius 2 is 2.09 bits per heavy atom. The number of hydrogen-bond donors (Lipinski definition) is 0. The van der Waals surface area contributed by atoms with Crippen LogP contribution in [0.5, 0.6) is 0 Å². The Kier molecular flexibility index (Phi) is 3.11. The first-order valence-corrected chi connectivity index (χ1v) is 7.16. The van der Waals surface area contributed by atoms with Crippen molar-refractivity contribution in [2.75, 3.05) is 0 Å². The molecule has 1 aromatic carbocycles. The lowest BCUT2D eigenvalue weighted by molar-refractivity contribution is 0.566. The third kappa shape index (κ3) is 2.57. The van der Waals surface area contributed by atoms with Crippen LogP contribution in [0.4, 0.5) is 4.39 Å². The van der Waals surface area contributed by atoms with Crippen LogP contribution in [0.3, 0.4) is 0 Å². The highest BCUT2D eigenvalue weighted by atomic mass is 19.1. The van der Waals surface area contributed by atoms with Gasteiger partial charge in [0.25, 0.3) is 0 Å². The Morgan fingerprint density at radius 3 is 2.91 bits per heavy atom. The fourth-order valence-electron chi connectivity index (χ4n) is 2.48. The van der Waals surface area contributed by atoms with Gasteiger partial charge >= 0.3 is 0 Å². The molecule has 23 heavy (non-hydrogen) atoms. The molecule has 0 aliphatic rings. The van der Waals surface area contributed by atoms with Crippen molar-refractivity contribution in [1.82, 2.24) is 29.6 Å². The summed E-state index contributed by atoms with van der Waals surface area (Å²) in [6, 6.07) is 10.1. The zero-order chi connectivity index (χ0) is 15.8. The molecule has 0 saturated carbocycles. The molecule has 0 radical (unpaired) electrons. The minimum Gasteiger partial charge on any atom is -0.307 e. The van der Waals surface area contributed by atoms with E-state index in [0.29, 0.717) is 17.9 Å². The molecule has 7 heteroatoms. The molecule has 0 atom stereocenters. The number of aromatic nitrogens is 6. The van der Waals surface area contributed by atoms with Crippen LogP contribution in [0.25, 0.3) is 17.0 Å². The molecule has 6 nitrogen and oxygen atoms in total. The zero-order valence-electron chi connectivity index (χ0n) is 12.4. The van der Waals surface area contributed by atoms with Gasteiger partial charge in [0, 0.05) is 18.0 Å². The molecular weight excluding hydrogens is 295 g/mol. The summed E-state index contributed by atoms with van der Waals surface area (Å²) in [7, 11) is 0. The molecule has 0 saturated heterocycles. The maximum atomic E-state index is 13.3. The fourth-order valence-corrected chi connectivity index (χ4v) is 2.48. The lowest BCUT2D eigenvalue weighted by Gasteiger charge is -1.95. The fraction of sp³-hybridized carbons (Fsp3) is 0.125. The minimum atomic E-state index is -0.324. The van der Waals surface area contributed by atoms with Crippen LogP contribution in [-0.2, 0) is 6.54 Å². The standard InChI is InChI=1S/C16H13FN6/c1-11-4-3-7-22-9-14(18-16(11)22)10-23-20-15(19-21-23)12-5-2-6-13(17)8-12/h2-9H,10H2,1H3. The van der Waals surface area contributed by atoms with Crippen molar-refractivity contribution in [3.05, 3.63) is 65.9 Å². The summed E-state index contributed by atoms with van der Waals surface area (Å²) in [5.41, 5.74) is 3.45. The van der Waals surface area contributed by atoms with E-state index in [9.17, 15) is 4.39 Å². The highest BCUT2D eigenvalue weighted by Crippen LogP contribution is 2.15. The van der Waals surface area contributed by atoms with Crippen LogP contribution in [-0.4, -0.2) is 29.6 Å². The van der Waals surface area contributed by atoms with Crippen LogP contribution < -0.4 is 0 Å². The van der Waals surface area contributed by atoms with Crippen molar-refractivity contribution < 1.29 is 4.39 Å². The van der Waals surface area contributed by atoms with Crippen molar-refractivity contribution in [2.45, 2.75) is 13.5 Å². The Labute approximate surface area is 131 Å². The smallest absolute Gasteiger partial charge is 0.205 e. The van der Waals surface area contributed by atoms with E-state index in [-0.39, 0.29) is 5.82 Å². The second kappa shape index (κ2) is 5.28. The lowest BCUT2D eigenvalue weighted by Crippen LogP contribution is -2.04. The summed E-state index contributed by atoms with van der Waals surface area (Å²) in [5, 5.41) is 12.3. The monoisotopic (exact) mass is 308 g/mol. The minimum absolute atomic E-state index is 0.324. The van der Waals surface area contributed by atoms with E-state index in [0.717, 1.165) is 16.9 Å². The van der Waals surface area contributed by atoms with E-state index in [1.54, 1.807) is 12.1 Å². The second-order valence-corrected chi connectivity index (χ2v) is 5.31. The molecule has 0 spiro atoms. The highest BCUT2D eigenvalue weighted by molar-refractivity contribution is 5.53. The topological polar surface area (TPSA) is 60.9 Å². The number of imidazole rings is 1. The van der Waals surface area contributed by atoms with Gasteiger partial charge < -0.3 is 4.40 Å². The van der Waals surface area contributed by atoms with Gasteiger partial charge in [-0.3, -0.25) is 0 Å². The Bertz CT molecular complexity index is 987. The average Bonchev–Trinajstić information content (AvgIpc) is 3.15. The predicted molar refractivity (Wildman–Crippen MR) is 82.2 cm³/mol. The number of pyridine rings is 1. The zero-order valence-corrected chi connectivity index (χ0v) is 12.4. The number of benzene rings is 1. The molecule has 0 bridgehead atoms. The second-order valence-electron chi connectivity index (χ2n) is 5.31. The van der Waals surface area contributed by atoms with E-state index >= 15 is 0 Å². The van der Waals surface area contributed by atoms with Crippen LogP contribution in [0.15, 0.2) is 48.8 Å². The van der Waals surface area contributed by atoms with Gasteiger partial charge in [0.1, 0.15) is 18.0 Å². The van der Waals surface area contributed by atoms with Crippen molar-refractivity contribution in [1.29, 1.82) is 0 Å². The molecule has 0 N–H and O–H groups in total. The number of halogens is 1. The first-order chi connectivity index (χ1) is 11.2. The molecule has 0 fully saturated rings. The van der Waals surface area contributed by atoms with E-state index in [1.165, 1.54) is 16.9 Å². The molecule has 4 rings (SSSR count). The van der Waals surface area contributed by atoms with Crippen molar-refractivity contribution in [2.24, 2.45) is 0 Å². The van der Waals surface area contributed by atoms with Gasteiger partial charge in [0.15, 0.2) is 0 Å². The molecular formula is C16H13FN6. The number of fused-ring (bicyclic) bond motifs is 1. The van der Waals surface area contributed by atoms with Gasteiger partial charge in [-0.2, -0.15) is 4.80 Å². The average molecular weight is 308 g/mol. The van der Waals surface area contributed by atoms with Gasteiger partial charge in [-0.1, -0.05) is 18.2 Å². The summed E-state index contributed by atoms with van der Waals surface area (Å²) < 4.78 is 15.2. The van der Waals surface area contributed by atoms with Crippen molar-refractivity contribution >= 4 is 5.65 Å². The van der Waals surface area contributed by atoms with Crippen molar-refractivity contribution in [3.8, 4) is 11.4 Å². The Morgan fingerprint density at radius 1 is 1.17 bits per heavy atom. The summed E-state index contributed by atoms with van der Waals surface area (Å²) in [5.74, 6) is 0.0686. The molecule has 3 heterocycles. The maximum absolute atomic E-state index is 13.3. The van der Waals surface area contributed by atoms with Gasteiger partial charge in [-0.25, -0.2) is 9.37 Å². The van der Waals surface area contributed by atoms with E-state index in [4.69, 9.17) is 0 Å². The lowest BCUT2D eigenvalue weighted by atomic mass is 10.2. The largest absolute Gasteiger partial charge is 0.307 e. The Balaban J connectivity index is 1.63. The van der Waals surface area contributed by atoms with Crippen molar-refractivity contribution in [3.63, 3.8) is 0 Å². The normalized spacial score (nSPS) is 11.2. The summed E-state index contributed by atoms with van der Waals surface area (Å²) in [6.07, 6.45) is 3.89.